The van der Waals surface area contributed by atoms with Crippen LogP contribution in [0.4, 0.5) is 0 Å². The Bertz CT molecular complexity index is 608. The Hall–Kier alpha value is -0.920. The smallest absolute Gasteiger partial charge is 0.246 e. The van der Waals surface area contributed by atoms with Crippen LogP contribution in [0.2, 0.25) is 0 Å². The summed E-state index contributed by atoms with van der Waals surface area (Å²) in [7, 11) is -3.49. The van der Waals surface area contributed by atoms with Crippen molar-refractivity contribution in [2.45, 2.75) is 64.0 Å². The molecule has 1 aromatic rings. The number of hydrogen-bond donors (Lipinski definition) is 1. The van der Waals surface area contributed by atoms with E-state index in [0.29, 0.717) is 29.4 Å². The van der Waals surface area contributed by atoms with E-state index in [0.717, 1.165) is 19.3 Å². The molecule has 0 atom stereocenters. The van der Waals surface area contributed by atoms with Gasteiger partial charge in [0.2, 0.25) is 10.0 Å². The Morgan fingerprint density at radius 1 is 1.19 bits per heavy atom. The third-order valence-electron chi connectivity index (χ3n) is 3.76. The zero-order valence-corrected chi connectivity index (χ0v) is 14.1. The summed E-state index contributed by atoms with van der Waals surface area (Å²) in [4.78, 5) is 0.300. The summed E-state index contributed by atoms with van der Waals surface area (Å²) >= 11 is 0. The summed E-state index contributed by atoms with van der Waals surface area (Å²) in [6, 6.07) is 0. The topological polar surface area (TPSA) is 75.4 Å². The summed E-state index contributed by atoms with van der Waals surface area (Å²) in [5.41, 5.74) is 0.164. The van der Waals surface area contributed by atoms with Gasteiger partial charge in [0.25, 0.3) is 0 Å². The summed E-state index contributed by atoms with van der Waals surface area (Å²) in [5, 5.41) is 14.2. The maximum absolute atomic E-state index is 12.8. The first-order valence-corrected chi connectivity index (χ1v) is 8.83. The lowest BCUT2D eigenvalue weighted by Crippen LogP contribution is -2.36. The molecule has 1 saturated heterocycles. The second kappa shape index (κ2) is 5.70. The van der Waals surface area contributed by atoms with Crippen LogP contribution in [-0.2, 0) is 16.6 Å². The Labute approximate surface area is 126 Å². The van der Waals surface area contributed by atoms with Crippen molar-refractivity contribution >= 4 is 10.0 Å². The van der Waals surface area contributed by atoms with Gasteiger partial charge in [0.1, 0.15) is 4.90 Å². The zero-order chi connectivity index (χ0) is 15.8. The van der Waals surface area contributed by atoms with Gasteiger partial charge in [-0.25, -0.2) is 8.42 Å². The van der Waals surface area contributed by atoms with Gasteiger partial charge in [0.15, 0.2) is 0 Å². The highest BCUT2D eigenvalue weighted by molar-refractivity contribution is 7.89. The van der Waals surface area contributed by atoms with Gasteiger partial charge < -0.3 is 5.11 Å². The van der Waals surface area contributed by atoms with Crippen molar-refractivity contribution in [1.82, 2.24) is 14.1 Å². The van der Waals surface area contributed by atoms with Crippen LogP contribution in [0.3, 0.4) is 0 Å². The molecule has 7 heteroatoms. The fourth-order valence-electron chi connectivity index (χ4n) is 2.81. The van der Waals surface area contributed by atoms with Gasteiger partial charge in [-0.15, -0.1) is 0 Å². The van der Waals surface area contributed by atoms with Crippen LogP contribution in [0.1, 0.15) is 44.5 Å². The number of aliphatic hydroxyl groups is 1. The fraction of sp³-hybridized carbons (Fsp3) is 0.786. The molecule has 0 spiro atoms. The van der Waals surface area contributed by atoms with Crippen molar-refractivity contribution in [3.63, 3.8) is 0 Å². The van der Waals surface area contributed by atoms with Gasteiger partial charge in [-0.2, -0.15) is 9.40 Å². The molecule has 0 aliphatic carbocycles. The minimum absolute atomic E-state index is 0.273. The van der Waals surface area contributed by atoms with Gasteiger partial charge in [-0.1, -0.05) is 6.42 Å². The number of sulfonamides is 1. The highest BCUT2D eigenvalue weighted by Crippen LogP contribution is 2.26. The SMILES string of the molecule is Cc1nn(CC(C)(C)O)c(C)c1S(=O)(=O)N1CCCCC1. The molecule has 120 valence electrons. The van der Waals surface area contributed by atoms with Gasteiger partial charge in [0, 0.05) is 13.1 Å². The van der Waals surface area contributed by atoms with Crippen molar-refractivity contribution in [1.29, 1.82) is 0 Å². The standard InChI is InChI=1S/C14H25N3O3S/c1-11-13(12(2)17(15-11)10-14(3,4)18)21(19,20)16-8-6-5-7-9-16/h18H,5-10H2,1-4H3. The third kappa shape index (κ3) is 3.46. The Balaban J connectivity index is 2.39. The first-order chi connectivity index (χ1) is 9.63. The lowest BCUT2D eigenvalue weighted by atomic mass is 10.1. The van der Waals surface area contributed by atoms with Crippen LogP contribution in [0.15, 0.2) is 4.90 Å². The molecule has 0 bridgehead atoms. The minimum Gasteiger partial charge on any atom is -0.389 e. The van der Waals surface area contributed by atoms with Crippen molar-refractivity contribution in [2.24, 2.45) is 0 Å². The zero-order valence-electron chi connectivity index (χ0n) is 13.3. The summed E-state index contributed by atoms with van der Waals surface area (Å²) in [5.74, 6) is 0. The molecule has 0 saturated carbocycles. The van der Waals surface area contributed by atoms with E-state index in [1.807, 2.05) is 0 Å². The highest BCUT2D eigenvalue weighted by Gasteiger charge is 2.32. The number of aryl methyl sites for hydroxylation is 1. The largest absolute Gasteiger partial charge is 0.389 e. The van der Waals surface area contributed by atoms with Crippen molar-refractivity contribution in [2.75, 3.05) is 13.1 Å². The lowest BCUT2D eigenvalue weighted by molar-refractivity contribution is 0.0569. The van der Waals surface area contributed by atoms with Crippen LogP contribution in [0.25, 0.3) is 0 Å². The molecule has 1 aliphatic rings. The van der Waals surface area contributed by atoms with Crippen LogP contribution in [0.5, 0.6) is 0 Å². The van der Waals surface area contributed by atoms with Gasteiger partial charge in [-0.05, 0) is 40.5 Å². The average Bonchev–Trinajstić information content (AvgIpc) is 2.63. The molecule has 2 heterocycles. The number of hydrogen-bond acceptors (Lipinski definition) is 4. The quantitative estimate of drug-likeness (QED) is 0.912. The molecule has 0 aromatic carbocycles. The number of piperidine rings is 1. The molecule has 0 unspecified atom stereocenters. The summed E-state index contributed by atoms with van der Waals surface area (Å²) in [6.07, 6.45) is 2.91. The van der Waals surface area contributed by atoms with Gasteiger partial charge in [0.05, 0.1) is 23.5 Å². The Morgan fingerprint density at radius 3 is 2.29 bits per heavy atom. The summed E-state index contributed by atoms with van der Waals surface area (Å²) < 4.78 is 28.8. The van der Waals surface area contributed by atoms with E-state index in [2.05, 4.69) is 5.10 Å². The van der Waals surface area contributed by atoms with E-state index in [1.165, 1.54) is 0 Å². The van der Waals surface area contributed by atoms with Crippen LogP contribution in [-0.4, -0.2) is 46.3 Å². The maximum Gasteiger partial charge on any atom is 0.246 e. The Kier molecular flexibility index (Phi) is 4.46. The molecule has 0 amide bonds. The van der Waals surface area contributed by atoms with Crippen LogP contribution >= 0.6 is 0 Å². The molecule has 6 nitrogen and oxygen atoms in total. The summed E-state index contributed by atoms with van der Waals surface area (Å²) in [6.45, 7) is 8.27. The molecule has 0 radical (unpaired) electrons. The number of aromatic nitrogens is 2. The predicted molar refractivity (Wildman–Crippen MR) is 80.6 cm³/mol. The molecule has 1 N–H and O–H groups in total. The predicted octanol–water partition coefficient (Wildman–Crippen LogP) is 1.45. The van der Waals surface area contributed by atoms with Gasteiger partial charge in [-0.3, -0.25) is 4.68 Å². The second-order valence-corrected chi connectivity index (χ2v) is 8.31. The molecule has 1 aliphatic heterocycles. The normalized spacial score (nSPS) is 18.1. The van der Waals surface area contributed by atoms with E-state index >= 15 is 0 Å². The van der Waals surface area contributed by atoms with Crippen LogP contribution < -0.4 is 0 Å². The fourth-order valence-corrected chi connectivity index (χ4v) is 4.70. The molecule has 1 fully saturated rings. The first-order valence-electron chi connectivity index (χ1n) is 7.39. The molecule has 21 heavy (non-hydrogen) atoms. The first kappa shape index (κ1) is 16.5. The lowest BCUT2D eigenvalue weighted by Gasteiger charge is -2.26. The van der Waals surface area contributed by atoms with Crippen LogP contribution in [0, 0.1) is 13.8 Å². The van der Waals surface area contributed by atoms with Crippen molar-refractivity contribution in [3.8, 4) is 0 Å². The molecular formula is C14H25N3O3S. The number of nitrogens with zero attached hydrogens (tertiary/aromatic N) is 3. The third-order valence-corrected chi connectivity index (χ3v) is 5.92. The molecule has 1 aromatic heterocycles. The Morgan fingerprint density at radius 2 is 1.76 bits per heavy atom. The average molecular weight is 315 g/mol. The monoisotopic (exact) mass is 315 g/mol. The minimum atomic E-state index is -3.49. The van der Waals surface area contributed by atoms with Crippen molar-refractivity contribution < 1.29 is 13.5 Å². The van der Waals surface area contributed by atoms with E-state index < -0.39 is 15.6 Å². The van der Waals surface area contributed by atoms with E-state index in [9.17, 15) is 13.5 Å². The molecule has 2 rings (SSSR count). The van der Waals surface area contributed by atoms with E-state index in [1.54, 1.807) is 36.7 Å². The highest BCUT2D eigenvalue weighted by atomic mass is 32.2. The second-order valence-electron chi connectivity index (χ2n) is 6.43. The number of rotatable bonds is 4. The van der Waals surface area contributed by atoms with E-state index in [-0.39, 0.29) is 6.54 Å². The van der Waals surface area contributed by atoms with Gasteiger partial charge >= 0.3 is 0 Å². The van der Waals surface area contributed by atoms with E-state index in [4.69, 9.17) is 0 Å². The van der Waals surface area contributed by atoms with Crippen molar-refractivity contribution in [3.05, 3.63) is 11.4 Å². The molecular weight excluding hydrogens is 290 g/mol. The maximum atomic E-state index is 12.8.